The van der Waals surface area contributed by atoms with Gasteiger partial charge in [0.25, 0.3) is 5.56 Å². The molecule has 5 nitrogen and oxygen atoms in total. The highest BCUT2D eigenvalue weighted by Crippen LogP contribution is 2.30. The number of nitrogens with one attached hydrogen (secondary N) is 2. The molecule has 0 aliphatic rings. The van der Waals surface area contributed by atoms with E-state index in [4.69, 9.17) is 4.74 Å². The van der Waals surface area contributed by atoms with Crippen LogP contribution in [0.1, 0.15) is 12.5 Å². The Balaban J connectivity index is 2.23. The van der Waals surface area contributed by atoms with E-state index in [9.17, 15) is 9.90 Å². The lowest BCUT2D eigenvalue weighted by atomic mass is 10.1. The Hall–Kier alpha value is -2.69. The van der Waals surface area contributed by atoms with E-state index >= 15 is 0 Å². The lowest BCUT2D eigenvalue weighted by Gasteiger charge is -2.07. The van der Waals surface area contributed by atoms with E-state index in [2.05, 4.69) is 9.97 Å². The summed E-state index contributed by atoms with van der Waals surface area (Å²) < 4.78 is 5.20. The van der Waals surface area contributed by atoms with Crippen molar-refractivity contribution in [3.05, 3.63) is 46.2 Å². The number of fused-ring (bicyclic) bond motifs is 1. The molecule has 0 spiro atoms. The molecule has 0 atom stereocenters. The summed E-state index contributed by atoms with van der Waals surface area (Å²) in [5.74, 6) is 0.781. The molecule has 0 aliphatic heterocycles. The summed E-state index contributed by atoms with van der Waals surface area (Å²) in [6, 6.07) is 8.87. The lowest BCUT2D eigenvalue weighted by Crippen LogP contribution is -2.08. The van der Waals surface area contributed by atoms with Crippen molar-refractivity contribution in [3.8, 4) is 22.9 Å². The van der Waals surface area contributed by atoms with Gasteiger partial charge in [0, 0.05) is 28.6 Å². The van der Waals surface area contributed by atoms with Crippen molar-refractivity contribution < 1.29 is 9.84 Å². The van der Waals surface area contributed by atoms with E-state index in [1.165, 1.54) is 6.07 Å². The van der Waals surface area contributed by atoms with E-state index < -0.39 is 0 Å². The standard InChI is InChI=1S/C16H16N2O3/c1-3-11-14(19)8-15(20)18-16(11)13-6-9-4-5-10(21-2)7-12(9)17-13/h4-8,17H,3H2,1-2H3,(H2,18,19,20). The maximum atomic E-state index is 11.6. The second-order valence-electron chi connectivity index (χ2n) is 4.86. The average Bonchev–Trinajstić information content (AvgIpc) is 2.89. The zero-order valence-corrected chi connectivity index (χ0v) is 11.9. The molecule has 2 heterocycles. The van der Waals surface area contributed by atoms with Gasteiger partial charge in [0.15, 0.2) is 0 Å². The molecule has 108 valence electrons. The Morgan fingerprint density at radius 1 is 1.19 bits per heavy atom. The first-order valence-electron chi connectivity index (χ1n) is 6.74. The van der Waals surface area contributed by atoms with Gasteiger partial charge in [-0.3, -0.25) is 4.79 Å². The summed E-state index contributed by atoms with van der Waals surface area (Å²) in [7, 11) is 1.62. The molecule has 5 heteroatoms. The molecule has 0 saturated heterocycles. The van der Waals surface area contributed by atoms with Crippen LogP contribution in [-0.2, 0) is 6.42 Å². The van der Waals surface area contributed by atoms with Gasteiger partial charge in [-0.2, -0.15) is 0 Å². The van der Waals surface area contributed by atoms with E-state index in [-0.39, 0.29) is 11.3 Å². The van der Waals surface area contributed by atoms with Crippen LogP contribution >= 0.6 is 0 Å². The third kappa shape index (κ3) is 2.27. The molecule has 0 saturated carbocycles. The molecule has 3 N–H and O–H groups in total. The normalized spacial score (nSPS) is 11.0. The highest BCUT2D eigenvalue weighted by atomic mass is 16.5. The largest absolute Gasteiger partial charge is 0.507 e. The topological polar surface area (TPSA) is 78.1 Å². The van der Waals surface area contributed by atoms with Crippen molar-refractivity contribution in [2.75, 3.05) is 7.11 Å². The molecule has 0 radical (unpaired) electrons. The van der Waals surface area contributed by atoms with Crippen molar-refractivity contribution in [3.63, 3.8) is 0 Å². The molecule has 3 aromatic rings. The van der Waals surface area contributed by atoms with Crippen LogP contribution < -0.4 is 10.3 Å². The number of methoxy groups -OCH3 is 1. The van der Waals surface area contributed by atoms with Crippen LogP contribution in [-0.4, -0.2) is 22.2 Å². The maximum Gasteiger partial charge on any atom is 0.252 e. The number of ether oxygens (including phenoxy) is 1. The van der Waals surface area contributed by atoms with Gasteiger partial charge in [0.05, 0.1) is 18.5 Å². The Morgan fingerprint density at radius 3 is 2.71 bits per heavy atom. The predicted octanol–water partition coefficient (Wildman–Crippen LogP) is 2.80. The average molecular weight is 284 g/mol. The van der Waals surface area contributed by atoms with Gasteiger partial charge in [-0.25, -0.2) is 0 Å². The first-order chi connectivity index (χ1) is 10.1. The highest BCUT2D eigenvalue weighted by molar-refractivity contribution is 5.87. The fourth-order valence-corrected chi connectivity index (χ4v) is 2.53. The summed E-state index contributed by atoms with van der Waals surface area (Å²) in [5.41, 5.74) is 2.69. The molecule has 2 aromatic heterocycles. The maximum absolute atomic E-state index is 11.6. The molecule has 1 aromatic carbocycles. The molecule has 0 fully saturated rings. The summed E-state index contributed by atoms with van der Waals surface area (Å²) in [6.45, 7) is 1.93. The van der Waals surface area contributed by atoms with Crippen LogP contribution in [0.4, 0.5) is 0 Å². The number of aromatic amines is 2. The first kappa shape index (κ1) is 13.3. The fourth-order valence-electron chi connectivity index (χ4n) is 2.53. The number of H-pyrrole nitrogens is 2. The quantitative estimate of drug-likeness (QED) is 0.692. The number of aromatic hydroxyl groups is 1. The van der Waals surface area contributed by atoms with Gasteiger partial charge < -0.3 is 19.8 Å². The molecule has 3 rings (SSSR count). The van der Waals surface area contributed by atoms with E-state index in [0.717, 1.165) is 22.3 Å². The molecule has 21 heavy (non-hydrogen) atoms. The van der Waals surface area contributed by atoms with E-state index in [1.807, 2.05) is 31.2 Å². The van der Waals surface area contributed by atoms with Crippen molar-refractivity contribution >= 4 is 10.9 Å². The third-order valence-corrected chi connectivity index (χ3v) is 3.58. The van der Waals surface area contributed by atoms with Crippen molar-refractivity contribution in [2.24, 2.45) is 0 Å². The summed E-state index contributed by atoms with van der Waals surface area (Å²) >= 11 is 0. The van der Waals surface area contributed by atoms with Crippen LogP contribution in [0.25, 0.3) is 22.3 Å². The Morgan fingerprint density at radius 2 is 2.00 bits per heavy atom. The smallest absolute Gasteiger partial charge is 0.252 e. The van der Waals surface area contributed by atoms with Gasteiger partial charge in [0.2, 0.25) is 0 Å². The van der Waals surface area contributed by atoms with Crippen LogP contribution in [0.3, 0.4) is 0 Å². The van der Waals surface area contributed by atoms with Crippen LogP contribution in [0, 0.1) is 0 Å². The SMILES string of the molecule is CCc1c(O)cc(=O)[nH]c1-c1cc2ccc(OC)cc2[nH]1. The summed E-state index contributed by atoms with van der Waals surface area (Å²) in [4.78, 5) is 17.7. The van der Waals surface area contributed by atoms with E-state index in [1.54, 1.807) is 7.11 Å². The van der Waals surface area contributed by atoms with Gasteiger partial charge in [-0.15, -0.1) is 0 Å². The number of hydrogen-bond acceptors (Lipinski definition) is 3. The van der Waals surface area contributed by atoms with Crippen molar-refractivity contribution in [1.82, 2.24) is 9.97 Å². The number of benzene rings is 1. The monoisotopic (exact) mass is 284 g/mol. The molecule has 0 bridgehead atoms. The molecular weight excluding hydrogens is 268 g/mol. The van der Waals surface area contributed by atoms with Crippen molar-refractivity contribution in [1.29, 1.82) is 0 Å². The Labute approximate surface area is 121 Å². The van der Waals surface area contributed by atoms with Crippen LogP contribution in [0.15, 0.2) is 35.1 Å². The molecule has 0 amide bonds. The second-order valence-corrected chi connectivity index (χ2v) is 4.86. The number of rotatable bonds is 3. The van der Waals surface area contributed by atoms with E-state index in [0.29, 0.717) is 17.7 Å². The first-order valence-corrected chi connectivity index (χ1v) is 6.74. The van der Waals surface area contributed by atoms with Gasteiger partial charge in [0.1, 0.15) is 11.5 Å². The number of aromatic nitrogens is 2. The van der Waals surface area contributed by atoms with Gasteiger partial charge >= 0.3 is 0 Å². The highest BCUT2D eigenvalue weighted by Gasteiger charge is 2.13. The Bertz CT molecular complexity index is 862. The molecule has 0 aliphatic carbocycles. The van der Waals surface area contributed by atoms with Crippen molar-refractivity contribution in [2.45, 2.75) is 13.3 Å². The number of hydrogen-bond donors (Lipinski definition) is 3. The minimum atomic E-state index is -0.323. The zero-order valence-electron chi connectivity index (χ0n) is 11.9. The summed E-state index contributed by atoms with van der Waals surface area (Å²) in [5, 5.41) is 10.9. The zero-order chi connectivity index (χ0) is 15.0. The fraction of sp³-hybridized carbons (Fsp3) is 0.188. The molecule has 0 unspecified atom stereocenters. The minimum absolute atomic E-state index is 0.0208. The predicted molar refractivity (Wildman–Crippen MR) is 82.0 cm³/mol. The second kappa shape index (κ2) is 5.01. The lowest BCUT2D eigenvalue weighted by molar-refractivity contribution is 0.415. The van der Waals surface area contributed by atoms with Crippen LogP contribution in [0.2, 0.25) is 0 Å². The number of pyridine rings is 1. The van der Waals surface area contributed by atoms with Gasteiger partial charge in [-0.05, 0) is 24.6 Å². The van der Waals surface area contributed by atoms with Gasteiger partial charge in [-0.1, -0.05) is 6.92 Å². The van der Waals surface area contributed by atoms with Crippen LogP contribution in [0.5, 0.6) is 11.5 Å². The Kier molecular flexibility index (Phi) is 3.17. The molecular formula is C16H16N2O3. The third-order valence-electron chi connectivity index (χ3n) is 3.58. The minimum Gasteiger partial charge on any atom is -0.507 e. The summed E-state index contributed by atoms with van der Waals surface area (Å²) in [6.07, 6.45) is 0.622.